The molecule has 5 heteroatoms. The fourth-order valence-corrected chi connectivity index (χ4v) is 2.95. The molecule has 102 valence electrons. The highest BCUT2D eigenvalue weighted by Crippen LogP contribution is 2.18. The summed E-state index contributed by atoms with van der Waals surface area (Å²) in [7, 11) is 0. The van der Waals surface area contributed by atoms with Crippen molar-refractivity contribution in [3.63, 3.8) is 0 Å². The molecule has 0 aliphatic carbocycles. The van der Waals surface area contributed by atoms with Crippen molar-refractivity contribution in [2.45, 2.75) is 32.7 Å². The molecule has 0 bridgehead atoms. The first-order valence-corrected chi connectivity index (χ1v) is 7.06. The number of aryl methyl sites for hydroxylation is 1. The van der Waals surface area contributed by atoms with Crippen molar-refractivity contribution in [2.75, 3.05) is 25.0 Å². The van der Waals surface area contributed by atoms with Gasteiger partial charge in [-0.15, -0.1) is 0 Å². The van der Waals surface area contributed by atoms with Crippen LogP contribution < -0.4 is 5.32 Å². The summed E-state index contributed by atoms with van der Waals surface area (Å²) >= 11 is 0. The zero-order valence-electron chi connectivity index (χ0n) is 11.6. The maximum Gasteiger partial charge on any atom is 0.157 e. The van der Waals surface area contributed by atoms with Gasteiger partial charge >= 0.3 is 0 Å². The standard InChI is InChI=1S/C14H21N5/c1-3-18-6-4-5-12(18)9-15-13-7-11(2)8-14-16-10-17-19(13)14/h7-8,10,12,15H,3-6,9H2,1-2H3. The lowest BCUT2D eigenvalue weighted by Crippen LogP contribution is -2.34. The Morgan fingerprint density at radius 3 is 3.16 bits per heavy atom. The summed E-state index contributed by atoms with van der Waals surface area (Å²) in [6, 6.07) is 4.82. The molecule has 2 aromatic rings. The van der Waals surface area contributed by atoms with Crippen LogP contribution in [0, 0.1) is 6.92 Å². The number of pyridine rings is 1. The van der Waals surface area contributed by atoms with E-state index in [0.29, 0.717) is 6.04 Å². The number of nitrogens with zero attached hydrogens (tertiary/aromatic N) is 4. The summed E-state index contributed by atoms with van der Waals surface area (Å²) in [5.74, 6) is 1.04. The van der Waals surface area contributed by atoms with Crippen molar-refractivity contribution in [1.82, 2.24) is 19.5 Å². The van der Waals surface area contributed by atoms with Gasteiger partial charge in [-0.25, -0.2) is 4.98 Å². The number of rotatable bonds is 4. The number of hydrogen-bond acceptors (Lipinski definition) is 4. The molecular weight excluding hydrogens is 238 g/mol. The lowest BCUT2D eigenvalue weighted by Gasteiger charge is -2.23. The summed E-state index contributed by atoms with van der Waals surface area (Å²) in [5, 5.41) is 7.81. The number of likely N-dealkylation sites (tertiary alicyclic amines) is 1. The first kappa shape index (κ1) is 12.4. The molecule has 1 fully saturated rings. The molecule has 1 N–H and O–H groups in total. The molecule has 1 aliphatic rings. The summed E-state index contributed by atoms with van der Waals surface area (Å²) in [6.07, 6.45) is 4.20. The third-order valence-electron chi connectivity index (χ3n) is 3.95. The third-order valence-corrected chi connectivity index (χ3v) is 3.95. The van der Waals surface area contributed by atoms with Gasteiger partial charge in [0.05, 0.1) is 0 Å². The molecule has 2 aromatic heterocycles. The second-order valence-corrected chi connectivity index (χ2v) is 5.25. The first-order chi connectivity index (χ1) is 9.28. The molecular formula is C14H21N5. The van der Waals surface area contributed by atoms with Gasteiger partial charge in [0.25, 0.3) is 0 Å². The fourth-order valence-electron chi connectivity index (χ4n) is 2.95. The van der Waals surface area contributed by atoms with E-state index >= 15 is 0 Å². The Morgan fingerprint density at radius 2 is 2.32 bits per heavy atom. The molecule has 3 rings (SSSR count). The van der Waals surface area contributed by atoms with E-state index in [1.54, 1.807) is 6.33 Å². The van der Waals surface area contributed by atoms with Crippen LogP contribution in [0.4, 0.5) is 5.82 Å². The Balaban J connectivity index is 1.76. The molecule has 0 radical (unpaired) electrons. The van der Waals surface area contributed by atoms with Gasteiger partial charge in [0, 0.05) is 12.6 Å². The normalized spacial score (nSPS) is 20.2. The van der Waals surface area contributed by atoms with E-state index in [2.05, 4.69) is 40.2 Å². The minimum absolute atomic E-state index is 0.643. The first-order valence-electron chi connectivity index (χ1n) is 7.06. The summed E-state index contributed by atoms with van der Waals surface area (Å²) in [4.78, 5) is 6.80. The monoisotopic (exact) mass is 259 g/mol. The van der Waals surface area contributed by atoms with Crippen LogP contribution in [0.3, 0.4) is 0 Å². The highest BCUT2D eigenvalue weighted by Gasteiger charge is 2.22. The highest BCUT2D eigenvalue weighted by atomic mass is 15.3. The van der Waals surface area contributed by atoms with Crippen molar-refractivity contribution in [3.05, 3.63) is 24.0 Å². The Kier molecular flexibility index (Phi) is 3.38. The zero-order valence-corrected chi connectivity index (χ0v) is 11.6. The predicted octanol–water partition coefficient (Wildman–Crippen LogP) is 1.93. The van der Waals surface area contributed by atoms with Crippen LogP contribution >= 0.6 is 0 Å². The largest absolute Gasteiger partial charge is 0.368 e. The molecule has 1 saturated heterocycles. The van der Waals surface area contributed by atoms with Crippen LogP contribution in [0.2, 0.25) is 0 Å². The predicted molar refractivity (Wildman–Crippen MR) is 76.5 cm³/mol. The molecule has 1 atom stereocenters. The molecule has 5 nitrogen and oxygen atoms in total. The van der Waals surface area contributed by atoms with Crippen molar-refractivity contribution in [2.24, 2.45) is 0 Å². The van der Waals surface area contributed by atoms with Crippen LogP contribution in [0.25, 0.3) is 5.65 Å². The maximum absolute atomic E-state index is 4.27. The third kappa shape index (κ3) is 2.42. The lowest BCUT2D eigenvalue weighted by atomic mass is 10.2. The van der Waals surface area contributed by atoms with Crippen molar-refractivity contribution in [1.29, 1.82) is 0 Å². The average Bonchev–Trinajstić information content (AvgIpc) is 3.03. The molecule has 0 saturated carbocycles. The number of likely N-dealkylation sites (N-methyl/N-ethyl adjacent to an activating group) is 1. The van der Waals surface area contributed by atoms with Gasteiger partial charge in [-0.1, -0.05) is 6.92 Å². The molecule has 0 amide bonds. The van der Waals surface area contributed by atoms with E-state index < -0.39 is 0 Å². The molecule has 1 unspecified atom stereocenters. The van der Waals surface area contributed by atoms with Crippen LogP contribution in [0.1, 0.15) is 25.3 Å². The Hall–Kier alpha value is -1.62. The zero-order chi connectivity index (χ0) is 13.2. The Morgan fingerprint density at radius 1 is 1.42 bits per heavy atom. The summed E-state index contributed by atoms with van der Waals surface area (Å²) in [5.41, 5.74) is 2.11. The van der Waals surface area contributed by atoms with Crippen LogP contribution in [0.5, 0.6) is 0 Å². The molecule has 3 heterocycles. The number of hydrogen-bond donors (Lipinski definition) is 1. The minimum Gasteiger partial charge on any atom is -0.368 e. The van der Waals surface area contributed by atoms with Gasteiger partial charge < -0.3 is 5.32 Å². The van der Waals surface area contributed by atoms with Crippen molar-refractivity contribution < 1.29 is 0 Å². The minimum atomic E-state index is 0.643. The van der Waals surface area contributed by atoms with E-state index in [9.17, 15) is 0 Å². The number of aromatic nitrogens is 3. The van der Waals surface area contributed by atoms with Crippen LogP contribution in [-0.2, 0) is 0 Å². The Bertz CT molecular complexity index is 562. The maximum atomic E-state index is 4.27. The van der Waals surface area contributed by atoms with E-state index in [1.807, 2.05) is 10.6 Å². The second-order valence-electron chi connectivity index (χ2n) is 5.25. The quantitative estimate of drug-likeness (QED) is 0.911. The number of anilines is 1. The van der Waals surface area contributed by atoms with Crippen molar-refractivity contribution >= 4 is 11.5 Å². The number of nitrogens with one attached hydrogen (secondary N) is 1. The van der Waals surface area contributed by atoms with E-state index in [1.165, 1.54) is 24.9 Å². The van der Waals surface area contributed by atoms with Gasteiger partial charge in [0.1, 0.15) is 12.1 Å². The second kappa shape index (κ2) is 5.17. The highest BCUT2D eigenvalue weighted by molar-refractivity contribution is 5.51. The van der Waals surface area contributed by atoms with E-state index in [0.717, 1.165) is 24.6 Å². The van der Waals surface area contributed by atoms with Gasteiger partial charge in [0.15, 0.2) is 5.65 Å². The molecule has 0 spiro atoms. The summed E-state index contributed by atoms with van der Waals surface area (Å²) < 4.78 is 1.87. The summed E-state index contributed by atoms with van der Waals surface area (Å²) in [6.45, 7) is 7.68. The van der Waals surface area contributed by atoms with Crippen molar-refractivity contribution in [3.8, 4) is 0 Å². The molecule has 1 aliphatic heterocycles. The smallest absolute Gasteiger partial charge is 0.157 e. The Labute approximate surface area is 113 Å². The number of fused-ring (bicyclic) bond motifs is 1. The van der Waals surface area contributed by atoms with Gasteiger partial charge in [-0.3, -0.25) is 4.90 Å². The van der Waals surface area contributed by atoms with Crippen LogP contribution in [0.15, 0.2) is 18.5 Å². The SMILES string of the molecule is CCN1CCCC1CNc1cc(C)cc2ncnn12. The van der Waals surface area contributed by atoms with E-state index in [4.69, 9.17) is 0 Å². The van der Waals surface area contributed by atoms with E-state index in [-0.39, 0.29) is 0 Å². The van der Waals surface area contributed by atoms with Gasteiger partial charge in [-0.05, 0) is 50.6 Å². The van der Waals surface area contributed by atoms with Gasteiger partial charge in [0.2, 0.25) is 0 Å². The molecule has 0 aromatic carbocycles. The van der Waals surface area contributed by atoms with Crippen LogP contribution in [-0.4, -0.2) is 45.2 Å². The lowest BCUT2D eigenvalue weighted by molar-refractivity contribution is 0.277. The average molecular weight is 259 g/mol. The molecule has 19 heavy (non-hydrogen) atoms. The topological polar surface area (TPSA) is 45.5 Å². The fraction of sp³-hybridized carbons (Fsp3) is 0.571. The van der Waals surface area contributed by atoms with Gasteiger partial charge in [-0.2, -0.15) is 9.61 Å².